The zero-order valence-corrected chi connectivity index (χ0v) is 17.3. The molecule has 2 aromatic carbocycles. The number of fused-ring (bicyclic) bond motifs is 3. The van der Waals surface area contributed by atoms with Gasteiger partial charge in [-0.2, -0.15) is 0 Å². The highest BCUT2D eigenvalue weighted by atomic mass is 16.6. The molecule has 0 amide bonds. The molecule has 1 spiro atoms. The van der Waals surface area contributed by atoms with Crippen molar-refractivity contribution < 1.29 is 9.85 Å². The standard InChI is InChI=1S/C24H25N3O4/c28-26(29)16-5-7-18-20(9-16)23-13-25(12-15-3-1-2-4-15)14-24(23)11-21(18)19-8-6-17(27(30)31)10-22(19)24/h5-10,15,21,23H,1-4,11-14H2. The van der Waals surface area contributed by atoms with Gasteiger partial charge in [0.25, 0.3) is 11.4 Å². The van der Waals surface area contributed by atoms with E-state index < -0.39 is 0 Å². The molecule has 7 nitrogen and oxygen atoms in total. The maximum atomic E-state index is 11.5. The Bertz CT molecular complexity index is 1100. The monoisotopic (exact) mass is 419 g/mol. The van der Waals surface area contributed by atoms with Crippen LogP contribution in [0.25, 0.3) is 0 Å². The molecular formula is C24H25N3O4. The molecule has 2 aromatic rings. The van der Waals surface area contributed by atoms with Crippen molar-refractivity contribution in [2.75, 3.05) is 19.6 Å². The van der Waals surface area contributed by atoms with Gasteiger partial charge in [0.2, 0.25) is 0 Å². The molecule has 160 valence electrons. The van der Waals surface area contributed by atoms with Gasteiger partial charge in [-0.1, -0.05) is 25.0 Å². The second-order valence-electron chi connectivity index (χ2n) is 9.91. The maximum Gasteiger partial charge on any atom is 0.269 e. The number of hydrogen-bond acceptors (Lipinski definition) is 5. The number of nitro groups is 2. The van der Waals surface area contributed by atoms with E-state index in [0.29, 0.717) is 0 Å². The highest BCUT2D eigenvalue weighted by Gasteiger charge is 2.58. The zero-order chi connectivity index (χ0) is 21.3. The summed E-state index contributed by atoms with van der Waals surface area (Å²) in [5.41, 5.74) is 4.62. The summed E-state index contributed by atoms with van der Waals surface area (Å²) in [5.74, 6) is 1.03. The van der Waals surface area contributed by atoms with Crippen LogP contribution >= 0.6 is 0 Å². The fourth-order valence-corrected chi connectivity index (χ4v) is 7.13. The van der Waals surface area contributed by atoms with Crippen LogP contribution < -0.4 is 0 Å². The van der Waals surface area contributed by atoms with Gasteiger partial charge in [0.15, 0.2) is 0 Å². The number of nitrogens with zero attached hydrogens (tertiary/aromatic N) is 3. The van der Waals surface area contributed by atoms with Crippen molar-refractivity contribution in [3.05, 3.63) is 78.9 Å². The summed E-state index contributed by atoms with van der Waals surface area (Å²) in [6.07, 6.45) is 6.11. The second-order valence-corrected chi connectivity index (χ2v) is 9.91. The predicted octanol–water partition coefficient (Wildman–Crippen LogP) is 4.88. The van der Waals surface area contributed by atoms with Crippen molar-refractivity contribution in [3.8, 4) is 0 Å². The number of nitro benzene ring substituents is 2. The van der Waals surface area contributed by atoms with Gasteiger partial charge >= 0.3 is 0 Å². The lowest BCUT2D eigenvalue weighted by Gasteiger charge is -2.37. The Morgan fingerprint density at radius 2 is 1.61 bits per heavy atom. The molecule has 1 saturated heterocycles. The van der Waals surface area contributed by atoms with Gasteiger partial charge in [-0.15, -0.1) is 0 Å². The fourth-order valence-electron chi connectivity index (χ4n) is 7.13. The minimum Gasteiger partial charge on any atom is -0.302 e. The largest absolute Gasteiger partial charge is 0.302 e. The van der Waals surface area contributed by atoms with Gasteiger partial charge in [-0.3, -0.25) is 20.2 Å². The molecule has 1 aliphatic heterocycles. The SMILES string of the molecule is O=[N+]([O-])c1ccc2c(c1)C1CN(CC3CCCC3)CC13CC2c1ccc([N+](=O)[O-])cc13. The van der Waals surface area contributed by atoms with E-state index in [1.54, 1.807) is 24.3 Å². The molecule has 3 unspecified atom stereocenters. The van der Waals surface area contributed by atoms with Crippen molar-refractivity contribution in [2.24, 2.45) is 5.92 Å². The van der Waals surface area contributed by atoms with Crippen molar-refractivity contribution >= 4 is 11.4 Å². The molecule has 0 aromatic heterocycles. The molecule has 3 atom stereocenters. The van der Waals surface area contributed by atoms with Crippen LogP contribution in [0.2, 0.25) is 0 Å². The van der Waals surface area contributed by atoms with Crippen LogP contribution in [0.3, 0.4) is 0 Å². The highest BCUT2D eigenvalue weighted by Crippen LogP contribution is 2.64. The Labute approximate surface area is 180 Å². The van der Waals surface area contributed by atoms with Gasteiger partial charge in [0, 0.05) is 61.2 Å². The second kappa shape index (κ2) is 6.60. The van der Waals surface area contributed by atoms with E-state index in [0.717, 1.165) is 43.1 Å². The Kier molecular flexibility index (Phi) is 4.03. The van der Waals surface area contributed by atoms with Gasteiger partial charge in [0.1, 0.15) is 0 Å². The molecule has 4 aliphatic rings. The van der Waals surface area contributed by atoms with E-state index in [9.17, 15) is 20.2 Å². The van der Waals surface area contributed by atoms with Gasteiger partial charge in [0.05, 0.1) is 9.85 Å². The smallest absolute Gasteiger partial charge is 0.269 e. The summed E-state index contributed by atoms with van der Waals surface area (Å²) in [4.78, 5) is 25.0. The predicted molar refractivity (Wildman–Crippen MR) is 115 cm³/mol. The number of rotatable bonds is 4. The van der Waals surface area contributed by atoms with E-state index in [4.69, 9.17) is 0 Å². The van der Waals surface area contributed by atoms with E-state index in [-0.39, 0.29) is 38.5 Å². The molecule has 0 N–H and O–H groups in total. The van der Waals surface area contributed by atoms with Gasteiger partial charge < -0.3 is 4.90 Å². The summed E-state index contributed by atoms with van der Waals surface area (Å²) in [6.45, 7) is 2.83. The fraction of sp³-hybridized carbons (Fsp3) is 0.500. The topological polar surface area (TPSA) is 89.5 Å². The van der Waals surface area contributed by atoms with Gasteiger partial charge in [-0.05, 0) is 47.4 Å². The van der Waals surface area contributed by atoms with Crippen LogP contribution in [-0.4, -0.2) is 34.4 Å². The molecule has 0 radical (unpaired) electrons. The Morgan fingerprint density at radius 3 is 2.32 bits per heavy atom. The molecule has 2 fully saturated rings. The van der Waals surface area contributed by atoms with Crippen molar-refractivity contribution in [3.63, 3.8) is 0 Å². The van der Waals surface area contributed by atoms with Crippen LogP contribution in [0.5, 0.6) is 0 Å². The molecule has 6 rings (SSSR count). The van der Waals surface area contributed by atoms with E-state index in [1.807, 2.05) is 12.1 Å². The first-order chi connectivity index (χ1) is 15.0. The summed E-state index contributed by atoms with van der Waals surface area (Å²) < 4.78 is 0. The van der Waals surface area contributed by atoms with Crippen molar-refractivity contribution in [1.82, 2.24) is 4.90 Å². The highest BCUT2D eigenvalue weighted by molar-refractivity contribution is 5.62. The minimum absolute atomic E-state index is 0.138. The first-order valence-corrected chi connectivity index (χ1v) is 11.3. The Hall–Kier alpha value is -2.80. The third kappa shape index (κ3) is 2.69. The summed E-state index contributed by atoms with van der Waals surface area (Å²) in [7, 11) is 0. The lowest BCUT2D eigenvalue weighted by atomic mass is 9.65. The molecule has 1 saturated carbocycles. The van der Waals surface area contributed by atoms with Crippen LogP contribution in [0.1, 0.15) is 66.2 Å². The normalized spacial score (nSPS) is 28.9. The maximum absolute atomic E-state index is 11.5. The van der Waals surface area contributed by atoms with Crippen LogP contribution in [0, 0.1) is 26.1 Å². The molecule has 3 aliphatic carbocycles. The van der Waals surface area contributed by atoms with Crippen LogP contribution in [-0.2, 0) is 5.41 Å². The first kappa shape index (κ1) is 18.9. The van der Waals surface area contributed by atoms with E-state index in [1.165, 1.54) is 36.8 Å². The Morgan fingerprint density at radius 1 is 0.935 bits per heavy atom. The number of hydrogen-bond donors (Lipinski definition) is 0. The third-order valence-electron chi connectivity index (χ3n) is 8.36. The first-order valence-electron chi connectivity index (χ1n) is 11.3. The number of likely N-dealkylation sites (tertiary alicyclic amines) is 1. The van der Waals surface area contributed by atoms with E-state index >= 15 is 0 Å². The average molecular weight is 419 g/mol. The molecule has 31 heavy (non-hydrogen) atoms. The minimum atomic E-state index is -0.313. The number of non-ortho nitro benzene ring substituents is 2. The third-order valence-corrected chi connectivity index (χ3v) is 8.36. The van der Waals surface area contributed by atoms with Gasteiger partial charge in [-0.25, -0.2) is 0 Å². The lowest BCUT2D eigenvalue weighted by Crippen LogP contribution is -2.35. The summed E-state index contributed by atoms with van der Waals surface area (Å²) >= 11 is 0. The zero-order valence-electron chi connectivity index (χ0n) is 17.3. The molecular weight excluding hydrogens is 394 g/mol. The van der Waals surface area contributed by atoms with Crippen LogP contribution in [0.4, 0.5) is 11.4 Å². The molecule has 1 heterocycles. The quantitative estimate of drug-likeness (QED) is 0.520. The molecule has 7 heteroatoms. The van der Waals surface area contributed by atoms with Crippen LogP contribution in [0.15, 0.2) is 36.4 Å². The Balaban J connectivity index is 1.49. The van der Waals surface area contributed by atoms with Crippen molar-refractivity contribution in [2.45, 2.75) is 49.4 Å². The van der Waals surface area contributed by atoms with Crippen molar-refractivity contribution in [1.29, 1.82) is 0 Å². The average Bonchev–Trinajstić information content (AvgIpc) is 3.46. The summed E-state index contributed by atoms with van der Waals surface area (Å²) in [6, 6.07) is 10.7. The molecule has 2 bridgehead atoms. The lowest BCUT2D eigenvalue weighted by molar-refractivity contribution is -0.385. The van der Waals surface area contributed by atoms with E-state index in [2.05, 4.69) is 4.90 Å². The summed E-state index contributed by atoms with van der Waals surface area (Å²) in [5, 5.41) is 23.0. The number of benzene rings is 2.